The minimum absolute atomic E-state index is 0.0683. The van der Waals surface area contributed by atoms with Gasteiger partial charge in [-0.15, -0.1) is 0 Å². The summed E-state index contributed by atoms with van der Waals surface area (Å²) in [6.07, 6.45) is 2.34. The molecule has 0 spiro atoms. The van der Waals surface area contributed by atoms with Gasteiger partial charge in [0.2, 0.25) is 10.0 Å². The van der Waals surface area contributed by atoms with Crippen LogP contribution in [-0.4, -0.2) is 30.6 Å². The highest BCUT2D eigenvalue weighted by Gasteiger charge is 2.20. The summed E-state index contributed by atoms with van der Waals surface area (Å²) in [5.41, 5.74) is 1.85. The van der Waals surface area contributed by atoms with E-state index in [-0.39, 0.29) is 11.3 Å². The monoisotopic (exact) mass is 489 g/mol. The van der Waals surface area contributed by atoms with Crippen LogP contribution in [0, 0.1) is 0 Å². The van der Waals surface area contributed by atoms with E-state index in [9.17, 15) is 13.2 Å². The van der Waals surface area contributed by atoms with Gasteiger partial charge in [0.1, 0.15) is 17.2 Å². The smallest absolute Gasteiger partial charge is 0.270 e. The molecule has 0 aliphatic carbocycles. The lowest BCUT2D eigenvalue weighted by Gasteiger charge is -2.19. The van der Waals surface area contributed by atoms with Gasteiger partial charge in [0.15, 0.2) is 5.75 Å². The summed E-state index contributed by atoms with van der Waals surface area (Å²) in [5.74, 6) is 1.33. The molecule has 0 saturated heterocycles. The minimum atomic E-state index is -3.50. The molecule has 0 radical (unpaired) electrons. The molecule has 2 heterocycles. The molecule has 33 heavy (non-hydrogen) atoms. The van der Waals surface area contributed by atoms with Crippen LogP contribution >= 0.6 is 11.6 Å². The van der Waals surface area contributed by atoms with Crippen LogP contribution in [0.1, 0.15) is 25.3 Å². The van der Waals surface area contributed by atoms with E-state index < -0.39 is 10.0 Å². The molecule has 8 nitrogen and oxygen atoms in total. The number of aromatic nitrogens is 2. The second-order valence-corrected chi connectivity index (χ2v) is 10.1. The van der Waals surface area contributed by atoms with Crippen molar-refractivity contribution in [3.8, 4) is 28.5 Å². The van der Waals surface area contributed by atoms with E-state index in [2.05, 4.69) is 9.82 Å². The zero-order valence-corrected chi connectivity index (χ0v) is 19.9. The van der Waals surface area contributed by atoms with Crippen molar-refractivity contribution in [3.63, 3.8) is 0 Å². The highest BCUT2D eigenvalue weighted by molar-refractivity contribution is 7.92. The van der Waals surface area contributed by atoms with Gasteiger partial charge in [0.25, 0.3) is 5.56 Å². The number of anilines is 1. The predicted octanol–water partition coefficient (Wildman–Crippen LogP) is 4.37. The van der Waals surface area contributed by atoms with Crippen LogP contribution in [0.3, 0.4) is 0 Å². The number of hydrogen-bond acceptors (Lipinski definition) is 6. The maximum atomic E-state index is 12.3. The molecule has 1 aliphatic heterocycles. The number of halogens is 1. The molecule has 0 unspecified atom stereocenters. The predicted molar refractivity (Wildman–Crippen MR) is 128 cm³/mol. The Labute approximate surface area is 197 Å². The third-order valence-electron chi connectivity index (χ3n) is 5.29. The molecular formula is C23H24ClN3O5S. The van der Waals surface area contributed by atoms with E-state index in [1.54, 1.807) is 38.2 Å². The molecule has 3 aromatic rings. The number of nitrogens with zero attached hydrogens (tertiary/aromatic N) is 2. The number of benzene rings is 2. The van der Waals surface area contributed by atoms with E-state index in [1.807, 2.05) is 12.1 Å². The van der Waals surface area contributed by atoms with Crippen molar-refractivity contribution in [2.45, 2.75) is 26.2 Å². The van der Waals surface area contributed by atoms with Crippen LogP contribution in [0.4, 0.5) is 5.69 Å². The average molecular weight is 490 g/mol. The van der Waals surface area contributed by atoms with Crippen LogP contribution in [0.2, 0.25) is 5.02 Å². The van der Waals surface area contributed by atoms with Crippen molar-refractivity contribution < 1.29 is 17.9 Å². The third kappa shape index (κ3) is 5.31. The second-order valence-electron chi connectivity index (χ2n) is 7.70. The standard InChI is InChI=1S/C23H24ClN3O5S/c1-3-33(29,30)26-17-8-10-20-18(13-17)23-21(14-22(28)27(2)25-23)31-11-5-4-6-15-12-16(24)7-9-19(15)32-20/h7-10,12-14,26H,3-6,11H2,1-2H3. The Morgan fingerprint density at radius 3 is 2.67 bits per heavy atom. The Morgan fingerprint density at radius 1 is 1.09 bits per heavy atom. The summed E-state index contributed by atoms with van der Waals surface area (Å²) >= 11 is 6.21. The third-order valence-corrected chi connectivity index (χ3v) is 6.83. The lowest BCUT2D eigenvalue weighted by Crippen LogP contribution is -2.20. The molecule has 1 N–H and O–H groups in total. The molecule has 0 fully saturated rings. The van der Waals surface area contributed by atoms with Crippen LogP contribution in [0.15, 0.2) is 47.3 Å². The Balaban J connectivity index is 1.92. The lowest BCUT2D eigenvalue weighted by molar-refractivity contribution is 0.304. The Hall–Kier alpha value is -3.04. The summed E-state index contributed by atoms with van der Waals surface area (Å²) in [4.78, 5) is 12.3. The van der Waals surface area contributed by atoms with Crippen molar-refractivity contribution in [3.05, 3.63) is 63.4 Å². The maximum absolute atomic E-state index is 12.3. The highest BCUT2D eigenvalue weighted by atomic mass is 35.5. The van der Waals surface area contributed by atoms with Gasteiger partial charge in [-0.05, 0) is 68.1 Å². The van der Waals surface area contributed by atoms with Crippen molar-refractivity contribution in [2.24, 2.45) is 7.05 Å². The molecule has 0 saturated carbocycles. The van der Waals surface area contributed by atoms with Crippen LogP contribution < -0.4 is 19.8 Å². The van der Waals surface area contributed by atoms with Gasteiger partial charge in [0, 0.05) is 23.8 Å². The van der Waals surface area contributed by atoms with E-state index >= 15 is 0 Å². The molecular weight excluding hydrogens is 466 g/mol. The topological polar surface area (TPSA) is 99.5 Å². The first-order valence-corrected chi connectivity index (χ1v) is 12.6. The normalized spacial score (nSPS) is 13.8. The van der Waals surface area contributed by atoms with Crippen LogP contribution in [0.25, 0.3) is 11.3 Å². The van der Waals surface area contributed by atoms with Crippen molar-refractivity contribution >= 4 is 27.3 Å². The number of fused-ring (bicyclic) bond motifs is 4. The van der Waals surface area contributed by atoms with Gasteiger partial charge >= 0.3 is 0 Å². The summed E-state index contributed by atoms with van der Waals surface area (Å²) in [6.45, 7) is 1.96. The maximum Gasteiger partial charge on any atom is 0.270 e. The quantitative estimate of drug-likeness (QED) is 0.586. The van der Waals surface area contributed by atoms with Gasteiger partial charge in [-0.2, -0.15) is 5.10 Å². The summed E-state index contributed by atoms with van der Waals surface area (Å²) in [7, 11) is -1.96. The van der Waals surface area contributed by atoms with E-state index in [1.165, 1.54) is 10.7 Å². The summed E-state index contributed by atoms with van der Waals surface area (Å²) < 4.78 is 40.3. The Kier molecular flexibility index (Phi) is 6.62. The second kappa shape index (κ2) is 9.44. The van der Waals surface area contributed by atoms with E-state index in [0.29, 0.717) is 45.8 Å². The molecule has 10 heteroatoms. The van der Waals surface area contributed by atoms with Gasteiger partial charge in [0.05, 0.1) is 17.9 Å². The fourth-order valence-electron chi connectivity index (χ4n) is 3.50. The first kappa shape index (κ1) is 23.1. The fourth-order valence-corrected chi connectivity index (χ4v) is 4.32. The number of aryl methyl sites for hydroxylation is 2. The zero-order chi connectivity index (χ0) is 23.6. The van der Waals surface area contributed by atoms with Crippen LogP contribution in [0.5, 0.6) is 17.2 Å². The summed E-state index contributed by atoms with van der Waals surface area (Å²) in [6, 6.07) is 11.8. The molecule has 1 aromatic heterocycles. The molecule has 4 rings (SSSR count). The Morgan fingerprint density at radius 2 is 1.88 bits per heavy atom. The van der Waals surface area contributed by atoms with Crippen molar-refractivity contribution in [2.75, 3.05) is 17.1 Å². The number of hydrogen-bond donors (Lipinski definition) is 1. The van der Waals surface area contributed by atoms with Gasteiger partial charge < -0.3 is 9.47 Å². The number of sulfonamides is 1. The molecule has 0 amide bonds. The number of ether oxygens (including phenoxy) is 2. The number of rotatable bonds is 3. The van der Waals surface area contributed by atoms with Crippen LogP contribution in [-0.2, 0) is 23.5 Å². The lowest BCUT2D eigenvalue weighted by atomic mass is 10.1. The molecule has 2 aromatic carbocycles. The Bertz CT molecular complexity index is 1350. The van der Waals surface area contributed by atoms with Gasteiger partial charge in [-0.25, -0.2) is 13.1 Å². The van der Waals surface area contributed by atoms with E-state index in [4.69, 9.17) is 21.1 Å². The summed E-state index contributed by atoms with van der Waals surface area (Å²) in [5, 5.41) is 5.03. The van der Waals surface area contributed by atoms with Gasteiger partial charge in [-0.3, -0.25) is 9.52 Å². The first-order chi connectivity index (χ1) is 15.8. The van der Waals surface area contributed by atoms with Crippen molar-refractivity contribution in [1.82, 2.24) is 9.78 Å². The largest absolute Gasteiger partial charge is 0.491 e. The molecule has 1 aliphatic rings. The van der Waals surface area contributed by atoms with Gasteiger partial charge in [-0.1, -0.05) is 11.6 Å². The average Bonchev–Trinajstić information content (AvgIpc) is 2.77. The SMILES string of the molecule is CCS(=O)(=O)Nc1ccc2c(c1)-c1nn(C)c(=O)cc1OCCCCc1cc(Cl)ccc1O2. The molecule has 174 valence electrons. The zero-order valence-electron chi connectivity index (χ0n) is 18.3. The number of nitrogens with one attached hydrogen (secondary N) is 1. The van der Waals surface area contributed by atoms with E-state index in [0.717, 1.165) is 24.8 Å². The highest BCUT2D eigenvalue weighted by Crippen LogP contribution is 2.40. The fraction of sp³-hybridized carbons (Fsp3) is 0.304. The molecule has 0 atom stereocenters. The van der Waals surface area contributed by atoms with Crippen molar-refractivity contribution in [1.29, 1.82) is 0 Å². The minimum Gasteiger partial charge on any atom is -0.491 e. The first-order valence-electron chi connectivity index (χ1n) is 10.6. The molecule has 0 bridgehead atoms.